The van der Waals surface area contributed by atoms with Gasteiger partial charge in [-0.05, 0) is 24.8 Å². The molecule has 0 unspecified atom stereocenters. The minimum Gasteiger partial charge on any atom is -0.258 e. The monoisotopic (exact) mass is 229 g/mol. The van der Waals surface area contributed by atoms with E-state index in [1.807, 2.05) is 6.07 Å². The van der Waals surface area contributed by atoms with E-state index in [-0.39, 0.29) is 10.6 Å². The molecule has 0 aliphatic heterocycles. The molecule has 1 aliphatic carbocycles. The molecule has 0 heterocycles. The van der Waals surface area contributed by atoms with E-state index in [2.05, 4.69) is 5.92 Å². The molecule has 0 bridgehead atoms. The van der Waals surface area contributed by atoms with Crippen LogP contribution >= 0.6 is 0 Å². The van der Waals surface area contributed by atoms with Gasteiger partial charge in [0.1, 0.15) is 0 Å². The van der Waals surface area contributed by atoms with Gasteiger partial charge in [-0.25, -0.2) is 0 Å². The number of hydrogen-bond donors (Lipinski definition) is 0. The van der Waals surface area contributed by atoms with E-state index in [9.17, 15) is 10.1 Å². The third-order valence-electron chi connectivity index (χ3n) is 3.44. The summed E-state index contributed by atoms with van der Waals surface area (Å²) in [4.78, 5) is 10.8. The molecular weight excluding hydrogens is 214 g/mol. The first-order valence-corrected chi connectivity index (χ1v) is 5.97. The lowest BCUT2D eigenvalue weighted by Gasteiger charge is -2.21. The molecular formula is C14H15NO2. The third kappa shape index (κ3) is 2.47. The van der Waals surface area contributed by atoms with Gasteiger partial charge in [0, 0.05) is 17.2 Å². The van der Waals surface area contributed by atoms with E-state index in [0.29, 0.717) is 11.5 Å². The summed E-state index contributed by atoms with van der Waals surface area (Å²) in [5, 5.41) is 11.1. The highest BCUT2D eigenvalue weighted by atomic mass is 16.6. The van der Waals surface area contributed by atoms with E-state index in [0.717, 1.165) is 18.4 Å². The predicted molar refractivity (Wildman–Crippen MR) is 66.9 cm³/mol. The number of nitrogens with zero attached hydrogens (tertiary/aromatic N) is 1. The second-order valence-corrected chi connectivity index (χ2v) is 4.51. The maximum absolute atomic E-state index is 11.1. The van der Waals surface area contributed by atoms with Gasteiger partial charge in [-0.15, -0.1) is 6.42 Å². The Morgan fingerprint density at radius 1 is 1.29 bits per heavy atom. The highest BCUT2D eigenvalue weighted by molar-refractivity contribution is 5.49. The molecule has 0 radical (unpaired) electrons. The molecule has 0 amide bonds. The Kier molecular flexibility index (Phi) is 3.43. The van der Waals surface area contributed by atoms with Gasteiger partial charge < -0.3 is 0 Å². The Morgan fingerprint density at radius 2 is 2.00 bits per heavy atom. The van der Waals surface area contributed by atoms with Gasteiger partial charge >= 0.3 is 0 Å². The first-order valence-electron chi connectivity index (χ1n) is 5.97. The Bertz CT molecular complexity index is 468. The summed E-state index contributed by atoms with van der Waals surface area (Å²) in [5.74, 6) is 2.78. The molecule has 3 heteroatoms. The van der Waals surface area contributed by atoms with Crippen LogP contribution in [0.1, 0.15) is 49.1 Å². The van der Waals surface area contributed by atoms with Crippen molar-refractivity contribution in [3.8, 4) is 12.3 Å². The zero-order valence-corrected chi connectivity index (χ0v) is 9.69. The lowest BCUT2D eigenvalue weighted by atomic mass is 9.83. The molecule has 2 rings (SSSR count). The largest absolute Gasteiger partial charge is 0.274 e. The van der Waals surface area contributed by atoms with Crippen molar-refractivity contribution in [2.24, 2.45) is 0 Å². The molecule has 1 aromatic carbocycles. The first kappa shape index (κ1) is 11.7. The fraction of sp³-hybridized carbons (Fsp3) is 0.429. The standard InChI is InChI=1S/C14H15NO2/c1-2-11-8-9-13(14(10-11)15(16)17)12-6-4-3-5-7-12/h1,8-10,12H,3-7H2. The topological polar surface area (TPSA) is 43.1 Å². The average Bonchev–Trinajstić information content (AvgIpc) is 2.39. The minimum absolute atomic E-state index is 0.187. The van der Waals surface area contributed by atoms with Gasteiger partial charge in [0.2, 0.25) is 0 Å². The van der Waals surface area contributed by atoms with Crippen LogP contribution in [0, 0.1) is 22.5 Å². The molecule has 0 spiro atoms. The molecule has 1 aromatic rings. The lowest BCUT2D eigenvalue weighted by molar-refractivity contribution is -0.385. The van der Waals surface area contributed by atoms with Crippen LogP contribution in [0.2, 0.25) is 0 Å². The zero-order valence-electron chi connectivity index (χ0n) is 9.69. The third-order valence-corrected chi connectivity index (χ3v) is 3.44. The van der Waals surface area contributed by atoms with Crippen molar-refractivity contribution in [2.75, 3.05) is 0 Å². The summed E-state index contributed by atoms with van der Waals surface area (Å²) in [6.45, 7) is 0. The molecule has 0 atom stereocenters. The second-order valence-electron chi connectivity index (χ2n) is 4.51. The summed E-state index contributed by atoms with van der Waals surface area (Å²) < 4.78 is 0. The molecule has 1 aliphatic rings. The molecule has 0 saturated heterocycles. The highest BCUT2D eigenvalue weighted by Crippen LogP contribution is 2.37. The summed E-state index contributed by atoms with van der Waals surface area (Å²) in [6, 6.07) is 5.16. The molecule has 1 saturated carbocycles. The Morgan fingerprint density at radius 3 is 2.59 bits per heavy atom. The van der Waals surface area contributed by atoms with Crippen LogP contribution < -0.4 is 0 Å². The molecule has 3 nitrogen and oxygen atoms in total. The maximum Gasteiger partial charge on any atom is 0.274 e. The fourth-order valence-corrected chi connectivity index (χ4v) is 2.55. The van der Waals surface area contributed by atoms with E-state index in [1.165, 1.54) is 25.3 Å². The van der Waals surface area contributed by atoms with Gasteiger partial charge in [0.15, 0.2) is 0 Å². The number of nitro benzene ring substituents is 1. The predicted octanol–water partition coefficient (Wildman–Crippen LogP) is 3.62. The van der Waals surface area contributed by atoms with Crippen molar-refractivity contribution in [2.45, 2.75) is 38.0 Å². The lowest BCUT2D eigenvalue weighted by Crippen LogP contribution is -2.07. The molecule has 88 valence electrons. The van der Waals surface area contributed by atoms with E-state index in [4.69, 9.17) is 6.42 Å². The Balaban J connectivity index is 2.38. The fourth-order valence-electron chi connectivity index (χ4n) is 2.55. The van der Waals surface area contributed by atoms with Crippen molar-refractivity contribution in [1.29, 1.82) is 0 Å². The van der Waals surface area contributed by atoms with Gasteiger partial charge in [-0.2, -0.15) is 0 Å². The van der Waals surface area contributed by atoms with Gasteiger partial charge in [-0.1, -0.05) is 31.2 Å². The maximum atomic E-state index is 11.1. The summed E-state index contributed by atoms with van der Waals surface area (Å²) in [5.41, 5.74) is 1.62. The summed E-state index contributed by atoms with van der Waals surface area (Å²) in [7, 11) is 0. The second kappa shape index (κ2) is 5.01. The number of rotatable bonds is 2. The molecule has 1 fully saturated rings. The van der Waals surface area contributed by atoms with Crippen LogP contribution in [0.4, 0.5) is 5.69 Å². The number of terminal acetylenes is 1. The van der Waals surface area contributed by atoms with Crippen LogP contribution in [-0.2, 0) is 0 Å². The van der Waals surface area contributed by atoms with E-state index >= 15 is 0 Å². The quantitative estimate of drug-likeness (QED) is 0.441. The van der Waals surface area contributed by atoms with Crippen LogP contribution in [0.3, 0.4) is 0 Å². The molecule has 0 N–H and O–H groups in total. The molecule has 17 heavy (non-hydrogen) atoms. The molecule has 0 aromatic heterocycles. The van der Waals surface area contributed by atoms with Crippen LogP contribution in [0.25, 0.3) is 0 Å². The highest BCUT2D eigenvalue weighted by Gasteiger charge is 2.23. The summed E-state index contributed by atoms with van der Waals surface area (Å²) in [6.07, 6.45) is 11.0. The van der Waals surface area contributed by atoms with Crippen molar-refractivity contribution in [3.63, 3.8) is 0 Å². The van der Waals surface area contributed by atoms with Gasteiger partial charge in [0.05, 0.1) is 4.92 Å². The van der Waals surface area contributed by atoms with Crippen molar-refractivity contribution in [1.82, 2.24) is 0 Å². The number of nitro groups is 1. The van der Waals surface area contributed by atoms with Crippen LogP contribution in [0.5, 0.6) is 0 Å². The normalized spacial score (nSPS) is 16.4. The van der Waals surface area contributed by atoms with Gasteiger partial charge in [0.25, 0.3) is 5.69 Å². The number of hydrogen-bond acceptors (Lipinski definition) is 2. The van der Waals surface area contributed by atoms with E-state index < -0.39 is 0 Å². The van der Waals surface area contributed by atoms with Crippen molar-refractivity contribution >= 4 is 5.69 Å². The van der Waals surface area contributed by atoms with Crippen LogP contribution in [0.15, 0.2) is 18.2 Å². The van der Waals surface area contributed by atoms with Crippen LogP contribution in [-0.4, -0.2) is 4.92 Å². The zero-order chi connectivity index (χ0) is 12.3. The Hall–Kier alpha value is -1.82. The SMILES string of the molecule is C#Cc1ccc(C2CCCCC2)c([N+](=O)[O-])c1. The van der Waals surface area contributed by atoms with Crippen molar-refractivity contribution < 1.29 is 4.92 Å². The Labute approximate surface area is 101 Å². The average molecular weight is 229 g/mol. The number of benzene rings is 1. The van der Waals surface area contributed by atoms with Crippen molar-refractivity contribution in [3.05, 3.63) is 39.4 Å². The first-order chi connectivity index (χ1) is 8.22. The van der Waals surface area contributed by atoms with Gasteiger partial charge in [-0.3, -0.25) is 10.1 Å². The summed E-state index contributed by atoms with van der Waals surface area (Å²) >= 11 is 0. The smallest absolute Gasteiger partial charge is 0.258 e. The minimum atomic E-state index is -0.315. The van der Waals surface area contributed by atoms with E-state index in [1.54, 1.807) is 6.07 Å².